The molecule has 0 aliphatic carbocycles. The van der Waals surface area contributed by atoms with E-state index in [-0.39, 0.29) is 29.9 Å². The number of rotatable bonds is 8. The van der Waals surface area contributed by atoms with Crippen LogP contribution < -0.4 is 5.32 Å². The molecule has 2 saturated heterocycles. The number of carbonyl (C=O) groups excluding carboxylic acids is 2. The molecule has 3 aromatic carbocycles. The minimum absolute atomic E-state index is 0.0329. The minimum Gasteiger partial charge on any atom is -0.331 e. The highest BCUT2D eigenvalue weighted by Gasteiger charge is 2.41. The fraction of sp³-hybridized carbons (Fsp3) is 0.459. The van der Waals surface area contributed by atoms with Crippen LogP contribution in [0.15, 0.2) is 66.7 Å². The van der Waals surface area contributed by atoms with Crippen LogP contribution in [0, 0.1) is 18.7 Å². The van der Waals surface area contributed by atoms with Gasteiger partial charge in [0.05, 0.1) is 24.1 Å². The van der Waals surface area contributed by atoms with E-state index >= 15 is 4.39 Å². The summed E-state index contributed by atoms with van der Waals surface area (Å²) in [5.41, 5.74) is 4.16. The lowest BCUT2D eigenvalue weighted by Gasteiger charge is -2.41. The summed E-state index contributed by atoms with van der Waals surface area (Å²) in [5, 5.41) is 3.11. The Labute approximate surface area is 264 Å². The van der Waals surface area contributed by atoms with Crippen molar-refractivity contribution in [1.29, 1.82) is 0 Å². The Morgan fingerprint density at radius 3 is 2.40 bits per heavy atom. The maximum Gasteiger partial charge on any atom is 0.261 e. The fourth-order valence-electron chi connectivity index (χ4n) is 6.64. The Balaban J connectivity index is 1.39. The number of halogens is 3. The standard InChI is InChI=1S/C37H44F3N3O2/c1-25-9-5-14-31(38)32(25)35(45)43-21-8-13-30(34(44)41-29-12-6-11-28(23-29)36(2,3)4)33(43)27-17-15-26(16-18-27)10-7-20-42-22-19-37(39,40)24-42/h5-6,9,11-12,14-18,23,30,33H,7-8,10,13,19-22,24H2,1-4H3,(H,41,44)/t30?,33-/m0/s1. The number of amides is 2. The number of nitrogens with zero attached hydrogens (tertiary/aromatic N) is 2. The predicted molar refractivity (Wildman–Crippen MR) is 172 cm³/mol. The van der Waals surface area contributed by atoms with Gasteiger partial charge in [0.2, 0.25) is 5.91 Å². The van der Waals surface area contributed by atoms with Gasteiger partial charge in [0.25, 0.3) is 11.8 Å². The molecule has 5 rings (SSSR count). The van der Waals surface area contributed by atoms with Crippen molar-refractivity contribution in [3.8, 4) is 0 Å². The van der Waals surface area contributed by atoms with Crippen molar-refractivity contribution >= 4 is 17.5 Å². The second-order valence-corrected chi connectivity index (χ2v) is 13.7. The van der Waals surface area contributed by atoms with Gasteiger partial charge in [0.15, 0.2) is 0 Å². The van der Waals surface area contributed by atoms with E-state index in [0.29, 0.717) is 43.7 Å². The van der Waals surface area contributed by atoms with E-state index in [1.165, 1.54) is 6.07 Å². The predicted octanol–water partition coefficient (Wildman–Crippen LogP) is 7.94. The highest BCUT2D eigenvalue weighted by atomic mass is 19.3. The average Bonchev–Trinajstić information content (AvgIpc) is 3.34. The number of carbonyl (C=O) groups is 2. The van der Waals surface area contributed by atoms with Crippen LogP contribution >= 0.6 is 0 Å². The van der Waals surface area contributed by atoms with Crippen LogP contribution in [0.5, 0.6) is 0 Å². The van der Waals surface area contributed by atoms with Crippen molar-refractivity contribution in [3.63, 3.8) is 0 Å². The highest BCUT2D eigenvalue weighted by Crippen LogP contribution is 2.39. The third-order valence-electron chi connectivity index (χ3n) is 9.17. The van der Waals surface area contributed by atoms with E-state index in [0.717, 1.165) is 29.5 Å². The van der Waals surface area contributed by atoms with Crippen molar-refractivity contribution in [1.82, 2.24) is 9.80 Å². The molecule has 2 amide bonds. The number of alkyl halides is 2. The monoisotopic (exact) mass is 619 g/mol. The van der Waals surface area contributed by atoms with Crippen molar-refractivity contribution in [3.05, 3.63) is 100 Å². The average molecular weight is 620 g/mol. The highest BCUT2D eigenvalue weighted by molar-refractivity contribution is 5.98. The number of benzene rings is 3. The lowest BCUT2D eigenvalue weighted by molar-refractivity contribution is -0.123. The molecule has 1 unspecified atom stereocenters. The van der Waals surface area contributed by atoms with Gasteiger partial charge in [-0.25, -0.2) is 13.2 Å². The number of piperidine rings is 1. The summed E-state index contributed by atoms with van der Waals surface area (Å²) >= 11 is 0. The summed E-state index contributed by atoms with van der Waals surface area (Å²) in [6.07, 6.45) is 2.61. The molecule has 2 fully saturated rings. The molecule has 1 N–H and O–H groups in total. The van der Waals surface area contributed by atoms with Crippen LogP contribution in [0.25, 0.3) is 0 Å². The molecule has 8 heteroatoms. The molecule has 2 aliphatic heterocycles. The topological polar surface area (TPSA) is 52.7 Å². The van der Waals surface area contributed by atoms with Crippen LogP contribution in [0.2, 0.25) is 0 Å². The normalized spacial score (nSPS) is 20.3. The van der Waals surface area contributed by atoms with Gasteiger partial charge in [0, 0.05) is 25.2 Å². The van der Waals surface area contributed by atoms with Crippen molar-refractivity contribution < 1.29 is 22.8 Å². The molecule has 45 heavy (non-hydrogen) atoms. The first-order valence-corrected chi connectivity index (χ1v) is 16.0. The summed E-state index contributed by atoms with van der Waals surface area (Å²) in [6.45, 7) is 9.34. The van der Waals surface area contributed by atoms with Crippen molar-refractivity contribution in [2.75, 3.05) is 31.5 Å². The lowest BCUT2D eigenvalue weighted by Crippen LogP contribution is -2.46. The summed E-state index contributed by atoms with van der Waals surface area (Å²) < 4.78 is 42.1. The first-order valence-electron chi connectivity index (χ1n) is 16.0. The Morgan fingerprint density at radius 1 is 1.00 bits per heavy atom. The van der Waals surface area contributed by atoms with Gasteiger partial charge >= 0.3 is 0 Å². The van der Waals surface area contributed by atoms with Gasteiger partial charge < -0.3 is 10.2 Å². The molecule has 0 bridgehead atoms. The van der Waals surface area contributed by atoms with Gasteiger partial charge in [-0.2, -0.15) is 0 Å². The zero-order chi connectivity index (χ0) is 32.4. The molecule has 0 saturated carbocycles. The number of nitrogens with one attached hydrogen (secondary N) is 1. The van der Waals surface area contributed by atoms with Crippen LogP contribution in [-0.4, -0.2) is 53.7 Å². The molecule has 0 radical (unpaired) electrons. The largest absolute Gasteiger partial charge is 0.331 e. The smallest absolute Gasteiger partial charge is 0.261 e. The third kappa shape index (κ3) is 7.78. The first-order chi connectivity index (χ1) is 21.3. The molecule has 2 atom stereocenters. The van der Waals surface area contributed by atoms with Crippen LogP contribution in [0.4, 0.5) is 18.9 Å². The molecule has 5 nitrogen and oxygen atoms in total. The number of aryl methyl sites for hydroxylation is 2. The molecule has 2 aliphatic rings. The van der Waals surface area contributed by atoms with Gasteiger partial charge in [-0.15, -0.1) is 0 Å². The van der Waals surface area contributed by atoms with E-state index in [9.17, 15) is 18.4 Å². The summed E-state index contributed by atoms with van der Waals surface area (Å²) in [5.74, 6) is -4.31. The second-order valence-electron chi connectivity index (χ2n) is 13.7. The Bertz CT molecular complexity index is 1500. The molecule has 0 aromatic heterocycles. The van der Waals surface area contributed by atoms with Crippen molar-refractivity contribution in [2.45, 2.75) is 77.2 Å². The van der Waals surface area contributed by atoms with Gasteiger partial charge in [-0.3, -0.25) is 14.5 Å². The van der Waals surface area contributed by atoms with Gasteiger partial charge in [0.1, 0.15) is 5.82 Å². The van der Waals surface area contributed by atoms with Crippen molar-refractivity contribution in [2.24, 2.45) is 5.92 Å². The Morgan fingerprint density at radius 2 is 1.73 bits per heavy atom. The Hall–Kier alpha value is -3.65. The summed E-state index contributed by atoms with van der Waals surface area (Å²) in [6, 6.07) is 19.7. The van der Waals surface area contributed by atoms with E-state index < -0.39 is 29.6 Å². The fourth-order valence-corrected chi connectivity index (χ4v) is 6.64. The minimum atomic E-state index is -2.59. The lowest BCUT2D eigenvalue weighted by atomic mass is 9.82. The molecule has 3 aromatic rings. The van der Waals surface area contributed by atoms with Crippen LogP contribution in [0.3, 0.4) is 0 Å². The number of hydrogen-bond donors (Lipinski definition) is 1. The third-order valence-corrected chi connectivity index (χ3v) is 9.17. The SMILES string of the molecule is Cc1cccc(F)c1C(=O)N1CCCC(C(=O)Nc2cccc(C(C)(C)C)c2)[C@@H]1c1ccc(CCCN2CCC(F)(F)C2)cc1. The van der Waals surface area contributed by atoms with E-state index in [1.807, 2.05) is 53.4 Å². The molecular formula is C37H44F3N3O2. The van der Waals surface area contributed by atoms with E-state index in [4.69, 9.17) is 0 Å². The van der Waals surface area contributed by atoms with Crippen LogP contribution in [0.1, 0.15) is 85.1 Å². The summed E-state index contributed by atoms with van der Waals surface area (Å²) in [4.78, 5) is 31.4. The number of likely N-dealkylation sites (tertiary alicyclic amines) is 2. The maximum atomic E-state index is 15.0. The van der Waals surface area contributed by atoms with Gasteiger partial charge in [-0.1, -0.05) is 69.3 Å². The quantitative estimate of drug-likeness (QED) is 0.279. The first kappa shape index (κ1) is 32.7. The number of hydrogen-bond acceptors (Lipinski definition) is 3. The zero-order valence-electron chi connectivity index (χ0n) is 26.7. The maximum absolute atomic E-state index is 15.0. The molecular weight excluding hydrogens is 575 g/mol. The Kier molecular flexibility index (Phi) is 9.73. The second kappa shape index (κ2) is 13.4. The molecule has 0 spiro atoms. The molecule has 240 valence electrons. The van der Waals surface area contributed by atoms with E-state index in [2.05, 4.69) is 26.1 Å². The zero-order valence-corrected chi connectivity index (χ0v) is 26.7. The molecule has 2 heterocycles. The van der Waals surface area contributed by atoms with Gasteiger partial charge in [-0.05, 0) is 85.0 Å². The summed E-state index contributed by atoms with van der Waals surface area (Å²) in [7, 11) is 0. The van der Waals surface area contributed by atoms with Crippen LogP contribution in [-0.2, 0) is 16.6 Å². The number of anilines is 1. The van der Waals surface area contributed by atoms with E-state index in [1.54, 1.807) is 24.0 Å².